The van der Waals surface area contributed by atoms with Crippen LogP contribution in [0.5, 0.6) is 0 Å². The molecular weight excluding hydrogens is 298 g/mol. The highest BCUT2D eigenvalue weighted by Crippen LogP contribution is 2.19. The molecule has 0 saturated carbocycles. The van der Waals surface area contributed by atoms with E-state index in [9.17, 15) is 9.59 Å². The van der Waals surface area contributed by atoms with Crippen LogP contribution < -0.4 is 5.32 Å². The number of amides is 1. The van der Waals surface area contributed by atoms with E-state index >= 15 is 0 Å². The fourth-order valence-corrected chi connectivity index (χ4v) is 1.85. The van der Waals surface area contributed by atoms with Gasteiger partial charge in [-0.2, -0.15) is 0 Å². The second-order valence-electron chi connectivity index (χ2n) is 3.92. The lowest BCUT2D eigenvalue weighted by Gasteiger charge is -2.09. The summed E-state index contributed by atoms with van der Waals surface area (Å²) < 4.78 is 5.77. The lowest BCUT2D eigenvalue weighted by Crippen LogP contribution is -2.21. The number of carbonyl (C=O) groups is 2. The van der Waals surface area contributed by atoms with Gasteiger partial charge in [-0.3, -0.25) is 9.59 Å². The van der Waals surface area contributed by atoms with E-state index < -0.39 is 0 Å². The quantitative estimate of drug-likeness (QED) is 0.850. The third-order valence-corrected chi connectivity index (χ3v) is 2.77. The van der Waals surface area contributed by atoms with Crippen molar-refractivity contribution in [1.29, 1.82) is 0 Å². The molecule has 5 heteroatoms. The monoisotopic (exact) mass is 313 g/mol. The Morgan fingerprint density at radius 2 is 2.11 bits per heavy atom. The van der Waals surface area contributed by atoms with Gasteiger partial charge in [0, 0.05) is 16.6 Å². The van der Waals surface area contributed by atoms with E-state index in [1.807, 2.05) is 26.0 Å². The Morgan fingerprint density at radius 3 is 2.72 bits per heavy atom. The molecule has 0 aliphatic carbocycles. The van der Waals surface area contributed by atoms with Crippen molar-refractivity contribution >= 4 is 33.5 Å². The summed E-state index contributed by atoms with van der Waals surface area (Å²) in [6.07, 6.45) is 1.05. The third-order valence-electron chi connectivity index (χ3n) is 2.28. The number of carbonyl (C=O) groups excluding carboxylic acids is 2. The van der Waals surface area contributed by atoms with Gasteiger partial charge in [0.1, 0.15) is 0 Å². The van der Waals surface area contributed by atoms with Gasteiger partial charge >= 0.3 is 5.97 Å². The minimum absolute atomic E-state index is 0.242. The zero-order valence-corrected chi connectivity index (χ0v) is 12.0. The Labute approximate surface area is 115 Å². The van der Waals surface area contributed by atoms with E-state index in [4.69, 9.17) is 4.74 Å². The fraction of sp³-hybridized carbons (Fsp3) is 0.385. The summed E-state index contributed by atoms with van der Waals surface area (Å²) >= 11 is 3.35. The molecule has 0 spiro atoms. The third kappa shape index (κ3) is 4.87. The fourth-order valence-electron chi connectivity index (χ4n) is 1.38. The predicted octanol–water partition coefficient (Wildman–Crippen LogP) is 3.04. The van der Waals surface area contributed by atoms with Gasteiger partial charge in [0.05, 0.1) is 0 Å². The van der Waals surface area contributed by atoms with Crippen LogP contribution in [-0.4, -0.2) is 18.5 Å². The maximum Gasteiger partial charge on any atom is 0.306 e. The highest BCUT2D eigenvalue weighted by Gasteiger charge is 2.08. The van der Waals surface area contributed by atoms with Gasteiger partial charge in [0.15, 0.2) is 6.61 Å². The lowest BCUT2D eigenvalue weighted by molar-refractivity contribution is -0.147. The van der Waals surface area contributed by atoms with Crippen molar-refractivity contribution in [3.8, 4) is 0 Å². The molecule has 1 N–H and O–H groups in total. The number of ether oxygens (including phenoxy) is 1. The normalized spacial score (nSPS) is 9.94. The van der Waals surface area contributed by atoms with E-state index in [1.54, 1.807) is 6.07 Å². The van der Waals surface area contributed by atoms with Crippen LogP contribution in [0.1, 0.15) is 25.3 Å². The molecule has 0 aliphatic heterocycles. The number of hydrogen-bond donors (Lipinski definition) is 1. The molecule has 0 unspecified atom stereocenters. The van der Waals surface area contributed by atoms with Crippen LogP contribution in [0, 0.1) is 6.92 Å². The molecule has 0 saturated heterocycles. The average molecular weight is 314 g/mol. The molecule has 1 aromatic carbocycles. The van der Waals surface area contributed by atoms with Crippen molar-refractivity contribution in [2.75, 3.05) is 11.9 Å². The minimum atomic E-state index is -0.347. The van der Waals surface area contributed by atoms with Crippen molar-refractivity contribution in [2.45, 2.75) is 26.7 Å². The Morgan fingerprint density at radius 1 is 1.39 bits per heavy atom. The summed E-state index contributed by atoms with van der Waals surface area (Å²) in [6, 6.07) is 5.54. The highest BCUT2D eigenvalue weighted by atomic mass is 79.9. The first-order valence-electron chi connectivity index (χ1n) is 5.74. The zero-order chi connectivity index (χ0) is 13.5. The average Bonchev–Trinajstić information content (AvgIpc) is 2.31. The number of halogens is 1. The maximum atomic E-state index is 11.6. The van der Waals surface area contributed by atoms with E-state index in [0.29, 0.717) is 12.8 Å². The number of aryl methyl sites for hydroxylation is 1. The summed E-state index contributed by atoms with van der Waals surface area (Å²) in [6.45, 7) is 3.53. The van der Waals surface area contributed by atoms with Gasteiger partial charge in [-0.25, -0.2) is 0 Å². The van der Waals surface area contributed by atoms with Gasteiger partial charge in [-0.05, 0) is 37.1 Å². The van der Waals surface area contributed by atoms with Crippen molar-refractivity contribution in [3.63, 3.8) is 0 Å². The first-order chi connectivity index (χ1) is 8.52. The molecule has 0 bridgehead atoms. The van der Waals surface area contributed by atoms with E-state index in [-0.39, 0.29) is 18.5 Å². The Bertz CT molecular complexity index is 446. The van der Waals surface area contributed by atoms with Gasteiger partial charge in [-0.1, -0.05) is 22.9 Å². The number of anilines is 1. The second-order valence-corrected chi connectivity index (χ2v) is 4.83. The van der Waals surface area contributed by atoms with E-state index in [2.05, 4.69) is 21.2 Å². The number of esters is 1. The molecular formula is C13H16BrNO3. The first kappa shape index (κ1) is 14.7. The standard InChI is InChI=1S/C13H16BrNO3/c1-3-4-13(17)18-8-12(16)15-11-6-5-10(14)7-9(11)2/h5-7H,3-4,8H2,1-2H3,(H,15,16). The van der Waals surface area contributed by atoms with Crippen LogP contribution in [-0.2, 0) is 14.3 Å². The molecule has 1 amide bonds. The lowest BCUT2D eigenvalue weighted by atomic mass is 10.2. The molecule has 0 fully saturated rings. The van der Waals surface area contributed by atoms with Crippen LogP contribution in [0.15, 0.2) is 22.7 Å². The summed E-state index contributed by atoms with van der Waals surface area (Å²) in [5, 5.41) is 2.70. The van der Waals surface area contributed by atoms with Gasteiger partial charge < -0.3 is 10.1 Å². The topological polar surface area (TPSA) is 55.4 Å². The van der Waals surface area contributed by atoms with Crippen molar-refractivity contribution in [1.82, 2.24) is 0 Å². The zero-order valence-electron chi connectivity index (χ0n) is 10.5. The van der Waals surface area contributed by atoms with Crippen LogP contribution >= 0.6 is 15.9 Å². The molecule has 4 nitrogen and oxygen atoms in total. The SMILES string of the molecule is CCCC(=O)OCC(=O)Nc1ccc(Br)cc1C. The van der Waals surface area contributed by atoms with E-state index in [1.165, 1.54) is 0 Å². The van der Waals surface area contributed by atoms with Crippen LogP contribution in [0.4, 0.5) is 5.69 Å². The molecule has 0 aromatic heterocycles. The van der Waals surface area contributed by atoms with E-state index in [0.717, 1.165) is 15.7 Å². The summed E-state index contributed by atoms with van der Waals surface area (Å²) in [5.74, 6) is -0.676. The first-order valence-corrected chi connectivity index (χ1v) is 6.54. The molecule has 0 atom stereocenters. The largest absolute Gasteiger partial charge is 0.456 e. The van der Waals surface area contributed by atoms with Gasteiger partial charge in [0.2, 0.25) is 0 Å². The molecule has 0 heterocycles. The van der Waals surface area contributed by atoms with Gasteiger partial charge in [-0.15, -0.1) is 0 Å². The molecule has 0 aliphatic rings. The summed E-state index contributed by atoms with van der Waals surface area (Å²) in [5.41, 5.74) is 1.66. The van der Waals surface area contributed by atoms with Crippen molar-refractivity contribution in [3.05, 3.63) is 28.2 Å². The van der Waals surface area contributed by atoms with Crippen molar-refractivity contribution < 1.29 is 14.3 Å². The number of nitrogens with one attached hydrogen (secondary N) is 1. The van der Waals surface area contributed by atoms with Crippen LogP contribution in [0.2, 0.25) is 0 Å². The number of benzene rings is 1. The van der Waals surface area contributed by atoms with Crippen LogP contribution in [0.25, 0.3) is 0 Å². The molecule has 98 valence electrons. The molecule has 18 heavy (non-hydrogen) atoms. The minimum Gasteiger partial charge on any atom is -0.456 e. The predicted molar refractivity (Wildman–Crippen MR) is 73.4 cm³/mol. The van der Waals surface area contributed by atoms with Crippen molar-refractivity contribution in [2.24, 2.45) is 0 Å². The highest BCUT2D eigenvalue weighted by molar-refractivity contribution is 9.10. The molecule has 1 rings (SSSR count). The Hall–Kier alpha value is -1.36. The van der Waals surface area contributed by atoms with Gasteiger partial charge in [0.25, 0.3) is 5.91 Å². The second kappa shape index (κ2) is 7.16. The Balaban J connectivity index is 2.47. The smallest absolute Gasteiger partial charge is 0.306 e. The summed E-state index contributed by atoms with van der Waals surface area (Å²) in [4.78, 5) is 22.7. The molecule has 1 aromatic rings. The molecule has 0 radical (unpaired) electrons. The number of rotatable bonds is 5. The Kier molecular flexibility index (Phi) is 5.85. The summed E-state index contributed by atoms with van der Waals surface area (Å²) in [7, 11) is 0. The number of hydrogen-bond acceptors (Lipinski definition) is 3. The maximum absolute atomic E-state index is 11.6. The van der Waals surface area contributed by atoms with Crippen LogP contribution in [0.3, 0.4) is 0 Å².